The molecule has 5 nitrogen and oxygen atoms in total. The maximum absolute atomic E-state index is 13.1. The number of phenolic OH excluding ortho intramolecular Hbond substituents is 1. The van der Waals surface area contributed by atoms with Crippen LogP contribution in [0.15, 0.2) is 67.1 Å². The molecule has 0 aliphatic carbocycles. The summed E-state index contributed by atoms with van der Waals surface area (Å²) >= 11 is 6.53. The Hall–Kier alpha value is -3.44. The lowest BCUT2D eigenvalue weighted by Crippen LogP contribution is -2.10. The number of rotatable bonds is 6. The molecule has 0 spiro atoms. The molecule has 0 aliphatic heterocycles. The van der Waals surface area contributed by atoms with Crippen LogP contribution in [0.25, 0.3) is 10.9 Å². The lowest BCUT2D eigenvalue weighted by Gasteiger charge is -2.21. The number of carbonyl (C=O) groups excluding carboxylic acids is 1. The average Bonchev–Trinajstić information content (AvgIpc) is 2.81. The van der Waals surface area contributed by atoms with Gasteiger partial charge in [-0.2, -0.15) is 0 Å². The number of fused-ring (bicyclic) bond motifs is 1. The molecule has 31 heavy (non-hydrogen) atoms. The van der Waals surface area contributed by atoms with Gasteiger partial charge in [0.25, 0.3) is 0 Å². The molecule has 0 fully saturated rings. The van der Waals surface area contributed by atoms with E-state index in [2.05, 4.69) is 9.97 Å². The smallest absolute Gasteiger partial charge is 0.165 e. The highest BCUT2D eigenvalue weighted by Crippen LogP contribution is 2.42. The number of carbonyl (C=O) groups is 1. The summed E-state index contributed by atoms with van der Waals surface area (Å²) in [7, 11) is 1.61. The standard InChI is InChI=1S/C25H21ClN2O3/c1-15-7-8-16(11-23(15)31-2)19(13-22(29)17-5-3-9-27-14-17)20-12-21(26)18-6-4-10-28-24(18)25(20)30/h3-12,14,19,30H,13H2,1-2H3. The molecule has 0 aliphatic rings. The van der Waals surface area contributed by atoms with E-state index in [1.165, 1.54) is 0 Å². The summed E-state index contributed by atoms with van der Waals surface area (Å²) in [4.78, 5) is 21.4. The first-order chi connectivity index (χ1) is 15.0. The van der Waals surface area contributed by atoms with Crippen LogP contribution in [0.4, 0.5) is 0 Å². The summed E-state index contributed by atoms with van der Waals surface area (Å²) in [6, 6.07) is 14.5. The second kappa shape index (κ2) is 8.74. The number of aryl methyl sites for hydroxylation is 1. The molecule has 1 unspecified atom stereocenters. The molecule has 1 atom stereocenters. The quantitative estimate of drug-likeness (QED) is 0.395. The van der Waals surface area contributed by atoms with Gasteiger partial charge in [0.05, 0.1) is 12.1 Å². The van der Waals surface area contributed by atoms with Gasteiger partial charge in [-0.05, 0) is 54.4 Å². The highest BCUT2D eigenvalue weighted by atomic mass is 35.5. The van der Waals surface area contributed by atoms with Gasteiger partial charge in [0.2, 0.25) is 0 Å². The van der Waals surface area contributed by atoms with Gasteiger partial charge in [0, 0.05) is 47.4 Å². The van der Waals surface area contributed by atoms with E-state index in [1.54, 1.807) is 56.0 Å². The van der Waals surface area contributed by atoms with Crippen LogP contribution in [-0.4, -0.2) is 28.0 Å². The number of benzene rings is 2. The first-order valence-corrected chi connectivity index (χ1v) is 10.2. The van der Waals surface area contributed by atoms with Crippen molar-refractivity contribution < 1.29 is 14.6 Å². The summed E-state index contributed by atoms with van der Waals surface area (Å²) in [5.41, 5.74) is 3.27. The van der Waals surface area contributed by atoms with E-state index in [4.69, 9.17) is 16.3 Å². The number of ketones is 1. The first-order valence-electron chi connectivity index (χ1n) is 9.83. The Labute approximate surface area is 185 Å². The molecular formula is C25H21ClN2O3. The molecule has 4 rings (SSSR count). The van der Waals surface area contributed by atoms with E-state index < -0.39 is 5.92 Å². The monoisotopic (exact) mass is 432 g/mol. The maximum atomic E-state index is 13.1. The molecular weight excluding hydrogens is 412 g/mol. The minimum absolute atomic E-state index is 0.0172. The Kier molecular flexibility index (Phi) is 5.87. The van der Waals surface area contributed by atoms with Crippen molar-refractivity contribution in [3.63, 3.8) is 0 Å². The van der Waals surface area contributed by atoms with Crippen molar-refractivity contribution in [2.24, 2.45) is 0 Å². The van der Waals surface area contributed by atoms with Crippen molar-refractivity contribution in [1.29, 1.82) is 0 Å². The summed E-state index contributed by atoms with van der Waals surface area (Å²) < 4.78 is 5.49. The molecule has 2 aromatic carbocycles. The molecule has 6 heteroatoms. The van der Waals surface area contributed by atoms with Gasteiger partial charge in [-0.3, -0.25) is 14.8 Å². The van der Waals surface area contributed by atoms with E-state index in [0.717, 1.165) is 11.1 Å². The van der Waals surface area contributed by atoms with Crippen LogP contribution in [-0.2, 0) is 0 Å². The molecule has 2 aromatic heterocycles. The van der Waals surface area contributed by atoms with Gasteiger partial charge in [0.15, 0.2) is 5.78 Å². The lowest BCUT2D eigenvalue weighted by atomic mass is 9.84. The summed E-state index contributed by atoms with van der Waals surface area (Å²) in [6.07, 6.45) is 4.90. The van der Waals surface area contributed by atoms with Crippen LogP contribution in [0.2, 0.25) is 5.02 Å². The topological polar surface area (TPSA) is 72.3 Å². The van der Waals surface area contributed by atoms with E-state index >= 15 is 0 Å². The Morgan fingerprint density at radius 2 is 1.97 bits per heavy atom. The summed E-state index contributed by atoms with van der Waals surface area (Å²) in [5, 5.41) is 12.2. The fraction of sp³-hybridized carbons (Fsp3) is 0.160. The van der Waals surface area contributed by atoms with Crippen LogP contribution in [0.5, 0.6) is 11.5 Å². The molecule has 0 amide bonds. The van der Waals surface area contributed by atoms with Crippen molar-refractivity contribution in [1.82, 2.24) is 9.97 Å². The number of methoxy groups -OCH3 is 1. The number of aromatic nitrogens is 2. The van der Waals surface area contributed by atoms with Gasteiger partial charge < -0.3 is 9.84 Å². The fourth-order valence-electron chi connectivity index (χ4n) is 3.76. The largest absolute Gasteiger partial charge is 0.505 e. The number of aromatic hydroxyl groups is 1. The van der Waals surface area contributed by atoms with E-state index in [1.807, 2.05) is 25.1 Å². The number of halogens is 1. The zero-order valence-electron chi connectivity index (χ0n) is 17.2. The number of hydrogen-bond donors (Lipinski definition) is 1. The van der Waals surface area contributed by atoms with Gasteiger partial charge in [-0.15, -0.1) is 0 Å². The van der Waals surface area contributed by atoms with Gasteiger partial charge >= 0.3 is 0 Å². The molecule has 1 N–H and O–H groups in total. The summed E-state index contributed by atoms with van der Waals surface area (Å²) in [6.45, 7) is 1.95. The Bertz CT molecular complexity index is 1260. The second-order valence-corrected chi connectivity index (χ2v) is 7.75. The molecule has 0 saturated heterocycles. The number of hydrogen-bond acceptors (Lipinski definition) is 5. The normalized spacial score (nSPS) is 12.0. The zero-order valence-corrected chi connectivity index (χ0v) is 17.9. The average molecular weight is 433 g/mol. The Balaban J connectivity index is 1.88. The van der Waals surface area contributed by atoms with Crippen LogP contribution >= 0.6 is 11.6 Å². The molecule has 156 valence electrons. The van der Waals surface area contributed by atoms with Gasteiger partial charge in [-0.1, -0.05) is 23.7 Å². The number of phenols is 1. The highest BCUT2D eigenvalue weighted by Gasteiger charge is 2.25. The van der Waals surface area contributed by atoms with E-state index in [-0.39, 0.29) is 18.0 Å². The molecule has 4 aromatic rings. The molecule has 2 heterocycles. The lowest BCUT2D eigenvalue weighted by molar-refractivity contribution is 0.0977. The van der Waals surface area contributed by atoms with Crippen molar-refractivity contribution in [3.05, 3.63) is 94.4 Å². The number of nitrogens with zero attached hydrogens (tertiary/aromatic N) is 2. The summed E-state index contributed by atoms with van der Waals surface area (Å²) in [5.74, 6) is 0.185. The van der Waals surface area contributed by atoms with Crippen LogP contribution in [0.3, 0.4) is 0 Å². The third kappa shape index (κ3) is 4.09. The molecule has 0 radical (unpaired) electrons. The minimum Gasteiger partial charge on any atom is -0.505 e. The fourth-order valence-corrected chi connectivity index (χ4v) is 4.03. The van der Waals surface area contributed by atoms with Gasteiger partial charge in [0.1, 0.15) is 17.0 Å². The van der Waals surface area contributed by atoms with Crippen LogP contribution < -0.4 is 4.74 Å². The van der Waals surface area contributed by atoms with Crippen LogP contribution in [0.1, 0.15) is 39.4 Å². The van der Waals surface area contributed by atoms with Crippen molar-refractivity contribution in [2.75, 3.05) is 7.11 Å². The number of pyridine rings is 2. The van der Waals surface area contributed by atoms with E-state index in [9.17, 15) is 9.90 Å². The minimum atomic E-state index is -0.453. The first kappa shape index (κ1) is 20.8. The Morgan fingerprint density at radius 1 is 1.16 bits per heavy atom. The third-order valence-electron chi connectivity index (χ3n) is 5.43. The predicted octanol–water partition coefficient (Wildman–Crippen LogP) is 5.71. The number of ether oxygens (including phenoxy) is 1. The number of Topliss-reactive ketones (excluding diaryl/α,β-unsaturated/α-hetero) is 1. The van der Waals surface area contributed by atoms with Crippen molar-refractivity contribution in [3.8, 4) is 11.5 Å². The van der Waals surface area contributed by atoms with Crippen LogP contribution in [0, 0.1) is 6.92 Å². The third-order valence-corrected chi connectivity index (χ3v) is 5.74. The second-order valence-electron chi connectivity index (χ2n) is 7.35. The van der Waals surface area contributed by atoms with E-state index in [0.29, 0.717) is 32.8 Å². The molecule has 0 bridgehead atoms. The predicted molar refractivity (Wildman–Crippen MR) is 121 cm³/mol. The van der Waals surface area contributed by atoms with Gasteiger partial charge in [-0.25, -0.2) is 0 Å². The maximum Gasteiger partial charge on any atom is 0.165 e. The van der Waals surface area contributed by atoms with Crippen molar-refractivity contribution in [2.45, 2.75) is 19.3 Å². The molecule has 0 saturated carbocycles. The zero-order chi connectivity index (χ0) is 22.0. The Morgan fingerprint density at radius 3 is 2.71 bits per heavy atom. The van der Waals surface area contributed by atoms with Crippen molar-refractivity contribution >= 4 is 28.3 Å². The highest BCUT2D eigenvalue weighted by molar-refractivity contribution is 6.35. The SMILES string of the molecule is COc1cc(C(CC(=O)c2cccnc2)c2cc(Cl)c3cccnc3c2O)ccc1C.